The summed E-state index contributed by atoms with van der Waals surface area (Å²) in [5, 5.41) is 3.38. The highest BCUT2D eigenvalue weighted by atomic mass is 16.5. The summed E-state index contributed by atoms with van der Waals surface area (Å²) in [6, 6.07) is 0. The first-order chi connectivity index (χ1) is 8.88. The monoisotopic (exact) mass is 247 g/mol. The van der Waals surface area contributed by atoms with Gasteiger partial charge in [0.25, 0.3) is 0 Å². The normalized spacial score (nSPS) is 23.1. The molecule has 4 heteroatoms. The highest BCUT2D eigenvalue weighted by Gasteiger charge is 2.24. The Morgan fingerprint density at radius 1 is 1.33 bits per heavy atom. The van der Waals surface area contributed by atoms with Gasteiger partial charge >= 0.3 is 0 Å². The zero-order chi connectivity index (χ0) is 12.4. The van der Waals surface area contributed by atoms with Crippen molar-refractivity contribution in [3.05, 3.63) is 22.8 Å². The van der Waals surface area contributed by atoms with E-state index in [1.54, 1.807) is 0 Å². The fourth-order valence-corrected chi connectivity index (χ4v) is 2.83. The molecule has 1 unspecified atom stereocenters. The molecule has 1 N–H and O–H groups in total. The summed E-state index contributed by atoms with van der Waals surface area (Å²) in [5.74, 6) is 1.42. The highest BCUT2D eigenvalue weighted by molar-refractivity contribution is 5.30. The Morgan fingerprint density at radius 2 is 2.28 bits per heavy atom. The number of hydrogen-bond acceptors (Lipinski definition) is 4. The number of aromatic nitrogens is 2. The minimum absolute atomic E-state index is 0.403. The largest absolute Gasteiger partial charge is 0.381 e. The standard InChI is InChI=1S/C14H21N3O/c1-2-4-12-11-7-15-8-13(11)17-14(16-12)10-5-3-6-18-9-10/h10,15H,2-9H2,1H3. The van der Waals surface area contributed by atoms with Crippen molar-refractivity contribution in [2.75, 3.05) is 13.2 Å². The second-order valence-electron chi connectivity index (χ2n) is 5.22. The SMILES string of the molecule is CCCc1nc(C2CCCOC2)nc2c1CNC2. The predicted molar refractivity (Wildman–Crippen MR) is 69.4 cm³/mol. The fourth-order valence-electron chi connectivity index (χ4n) is 2.83. The molecule has 2 aliphatic rings. The molecule has 1 aromatic heterocycles. The molecule has 1 atom stereocenters. The third-order valence-corrected chi connectivity index (χ3v) is 3.80. The van der Waals surface area contributed by atoms with Crippen molar-refractivity contribution < 1.29 is 4.74 Å². The van der Waals surface area contributed by atoms with E-state index in [1.165, 1.54) is 17.0 Å². The van der Waals surface area contributed by atoms with Gasteiger partial charge in [0.05, 0.1) is 12.3 Å². The van der Waals surface area contributed by atoms with E-state index in [9.17, 15) is 0 Å². The lowest BCUT2D eigenvalue weighted by Gasteiger charge is -2.22. The molecule has 1 fully saturated rings. The summed E-state index contributed by atoms with van der Waals surface area (Å²) in [6.45, 7) is 5.73. The third-order valence-electron chi connectivity index (χ3n) is 3.80. The van der Waals surface area contributed by atoms with Crippen LogP contribution in [0.25, 0.3) is 0 Å². The zero-order valence-electron chi connectivity index (χ0n) is 11.0. The minimum Gasteiger partial charge on any atom is -0.381 e. The van der Waals surface area contributed by atoms with Crippen molar-refractivity contribution >= 4 is 0 Å². The molecular formula is C14H21N3O. The van der Waals surface area contributed by atoms with Crippen LogP contribution >= 0.6 is 0 Å². The van der Waals surface area contributed by atoms with Gasteiger partial charge in [0.1, 0.15) is 5.82 Å². The maximum absolute atomic E-state index is 5.56. The van der Waals surface area contributed by atoms with Gasteiger partial charge in [-0.3, -0.25) is 0 Å². The second kappa shape index (κ2) is 5.33. The van der Waals surface area contributed by atoms with Crippen LogP contribution in [0.5, 0.6) is 0 Å². The number of fused-ring (bicyclic) bond motifs is 1. The molecule has 1 aromatic rings. The first kappa shape index (κ1) is 12.1. The van der Waals surface area contributed by atoms with Crippen LogP contribution in [-0.4, -0.2) is 23.2 Å². The molecule has 0 amide bonds. The zero-order valence-corrected chi connectivity index (χ0v) is 11.0. The van der Waals surface area contributed by atoms with Crippen LogP contribution in [0.2, 0.25) is 0 Å². The van der Waals surface area contributed by atoms with E-state index >= 15 is 0 Å². The molecule has 3 heterocycles. The Balaban J connectivity index is 1.92. The number of nitrogens with one attached hydrogen (secondary N) is 1. The quantitative estimate of drug-likeness (QED) is 0.886. The number of hydrogen-bond donors (Lipinski definition) is 1. The van der Waals surface area contributed by atoms with Crippen LogP contribution < -0.4 is 5.32 Å². The minimum atomic E-state index is 0.403. The molecule has 1 saturated heterocycles. The molecule has 0 spiro atoms. The molecule has 3 rings (SSSR count). The molecule has 4 nitrogen and oxygen atoms in total. The Hall–Kier alpha value is -1.00. The number of rotatable bonds is 3. The van der Waals surface area contributed by atoms with Gasteiger partial charge in [-0.25, -0.2) is 9.97 Å². The van der Waals surface area contributed by atoms with Crippen molar-refractivity contribution in [2.24, 2.45) is 0 Å². The molecule has 0 aliphatic carbocycles. The number of ether oxygens (including phenoxy) is 1. The van der Waals surface area contributed by atoms with E-state index in [0.29, 0.717) is 5.92 Å². The van der Waals surface area contributed by atoms with Crippen molar-refractivity contribution in [3.8, 4) is 0 Å². The summed E-state index contributed by atoms with van der Waals surface area (Å²) in [4.78, 5) is 9.59. The first-order valence-electron chi connectivity index (χ1n) is 7.05. The molecule has 18 heavy (non-hydrogen) atoms. The topological polar surface area (TPSA) is 47.0 Å². The molecule has 0 aromatic carbocycles. The first-order valence-corrected chi connectivity index (χ1v) is 7.05. The van der Waals surface area contributed by atoms with Crippen molar-refractivity contribution in [1.82, 2.24) is 15.3 Å². The van der Waals surface area contributed by atoms with Crippen LogP contribution in [0.4, 0.5) is 0 Å². The van der Waals surface area contributed by atoms with Gasteiger partial charge in [-0.1, -0.05) is 13.3 Å². The van der Waals surface area contributed by atoms with E-state index in [4.69, 9.17) is 14.7 Å². The van der Waals surface area contributed by atoms with Crippen LogP contribution in [0.1, 0.15) is 54.9 Å². The predicted octanol–water partition coefficient (Wildman–Crippen LogP) is 1.93. The van der Waals surface area contributed by atoms with E-state index in [1.807, 2.05) is 0 Å². The van der Waals surface area contributed by atoms with Crippen molar-refractivity contribution in [2.45, 2.75) is 51.6 Å². The summed E-state index contributed by atoms with van der Waals surface area (Å²) < 4.78 is 5.56. The van der Waals surface area contributed by atoms with Crippen LogP contribution in [0.15, 0.2) is 0 Å². The van der Waals surface area contributed by atoms with Crippen LogP contribution in [0.3, 0.4) is 0 Å². The highest BCUT2D eigenvalue weighted by Crippen LogP contribution is 2.26. The Morgan fingerprint density at radius 3 is 3.06 bits per heavy atom. The van der Waals surface area contributed by atoms with Gasteiger partial charge in [0.2, 0.25) is 0 Å². The Kier molecular flexibility index (Phi) is 3.57. The molecule has 0 saturated carbocycles. The second-order valence-corrected chi connectivity index (χ2v) is 5.22. The van der Waals surface area contributed by atoms with Gasteiger partial charge < -0.3 is 10.1 Å². The molecule has 0 bridgehead atoms. The van der Waals surface area contributed by atoms with Crippen LogP contribution in [-0.2, 0) is 24.2 Å². The average molecular weight is 247 g/mol. The summed E-state index contributed by atoms with van der Waals surface area (Å²) in [5.41, 5.74) is 3.82. The smallest absolute Gasteiger partial charge is 0.134 e. The number of aryl methyl sites for hydroxylation is 1. The Bertz CT molecular complexity index is 427. The Labute approximate surface area is 108 Å². The van der Waals surface area contributed by atoms with Gasteiger partial charge in [-0.2, -0.15) is 0 Å². The molecule has 0 radical (unpaired) electrons. The van der Waals surface area contributed by atoms with Crippen molar-refractivity contribution in [3.63, 3.8) is 0 Å². The van der Waals surface area contributed by atoms with E-state index < -0.39 is 0 Å². The summed E-state index contributed by atoms with van der Waals surface area (Å²) >= 11 is 0. The van der Waals surface area contributed by atoms with E-state index in [0.717, 1.165) is 57.8 Å². The number of nitrogens with zero attached hydrogens (tertiary/aromatic N) is 2. The van der Waals surface area contributed by atoms with E-state index in [-0.39, 0.29) is 0 Å². The van der Waals surface area contributed by atoms with E-state index in [2.05, 4.69) is 12.2 Å². The van der Waals surface area contributed by atoms with Crippen LogP contribution in [0, 0.1) is 0 Å². The third kappa shape index (κ3) is 2.27. The lowest BCUT2D eigenvalue weighted by atomic mass is 10.0. The van der Waals surface area contributed by atoms with Gasteiger partial charge in [0.15, 0.2) is 0 Å². The lowest BCUT2D eigenvalue weighted by molar-refractivity contribution is 0.0779. The molecule has 2 aliphatic heterocycles. The maximum atomic E-state index is 5.56. The van der Waals surface area contributed by atoms with Gasteiger partial charge in [0, 0.05) is 36.9 Å². The lowest BCUT2D eigenvalue weighted by Crippen LogP contribution is -2.19. The molecular weight excluding hydrogens is 226 g/mol. The maximum Gasteiger partial charge on any atom is 0.134 e. The summed E-state index contributed by atoms with van der Waals surface area (Å²) in [7, 11) is 0. The fraction of sp³-hybridized carbons (Fsp3) is 0.714. The molecule has 98 valence electrons. The average Bonchev–Trinajstić information content (AvgIpc) is 2.88. The summed E-state index contributed by atoms with van der Waals surface area (Å²) in [6.07, 6.45) is 4.50. The van der Waals surface area contributed by atoms with Gasteiger partial charge in [-0.15, -0.1) is 0 Å². The van der Waals surface area contributed by atoms with Gasteiger partial charge in [-0.05, 0) is 19.3 Å². The van der Waals surface area contributed by atoms with Crippen molar-refractivity contribution in [1.29, 1.82) is 0 Å².